The number of nitrogens with one attached hydrogen (secondary N) is 1. The summed E-state index contributed by atoms with van der Waals surface area (Å²) in [5.74, 6) is -1.10. The van der Waals surface area contributed by atoms with Gasteiger partial charge in [-0.05, 0) is 25.6 Å². The predicted octanol–water partition coefficient (Wildman–Crippen LogP) is 2.57. The van der Waals surface area contributed by atoms with Gasteiger partial charge in [0.05, 0.1) is 11.7 Å². The van der Waals surface area contributed by atoms with Crippen molar-refractivity contribution in [2.75, 3.05) is 7.05 Å². The Balaban J connectivity index is 2.56. The minimum atomic E-state index is -0.551. The average Bonchev–Trinajstić information content (AvgIpc) is 2.75. The maximum Gasteiger partial charge on any atom is 0.131 e. The molecule has 0 spiro atoms. The summed E-state index contributed by atoms with van der Waals surface area (Å²) in [5.41, 5.74) is 1.67. The number of aryl methyl sites for hydroxylation is 2. The molecule has 102 valence electrons. The molecule has 1 aromatic heterocycles. The molecular weight excluding hydrogens is 248 g/mol. The number of hydrogen-bond acceptors (Lipinski definition) is 2. The zero-order valence-corrected chi connectivity index (χ0v) is 11.2. The molecule has 2 aromatic rings. The lowest BCUT2D eigenvalue weighted by Gasteiger charge is -2.18. The van der Waals surface area contributed by atoms with Crippen molar-refractivity contribution < 1.29 is 8.78 Å². The van der Waals surface area contributed by atoms with E-state index in [4.69, 9.17) is 0 Å². The molecule has 1 unspecified atom stereocenters. The molecule has 2 rings (SSSR count). The summed E-state index contributed by atoms with van der Waals surface area (Å²) >= 11 is 0. The van der Waals surface area contributed by atoms with Crippen LogP contribution in [0.4, 0.5) is 8.78 Å². The van der Waals surface area contributed by atoms with Crippen LogP contribution in [0.3, 0.4) is 0 Å². The maximum absolute atomic E-state index is 13.9. The van der Waals surface area contributed by atoms with E-state index in [2.05, 4.69) is 10.4 Å². The van der Waals surface area contributed by atoms with E-state index in [9.17, 15) is 8.78 Å². The van der Waals surface area contributed by atoms with Gasteiger partial charge in [-0.25, -0.2) is 8.78 Å². The molecule has 0 aliphatic rings. The summed E-state index contributed by atoms with van der Waals surface area (Å²) in [6.07, 6.45) is 2.51. The molecule has 0 amide bonds. The Morgan fingerprint density at radius 3 is 2.47 bits per heavy atom. The van der Waals surface area contributed by atoms with E-state index in [1.54, 1.807) is 25.0 Å². The zero-order valence-electron chi connectivity index (χ0n) is 11.2. The van der Waals surface area contributed by atoms with Gasteiger partial charge in [-0.1, -0.05) is 13.0 Å². The molecule has 0 bridgehead atoms. The van der Waals surface area contributed by atoms with Gasteiger partial charge in [-0.2, -0.15) is 5.10 Å². The lowest BCUT2D eigenvalue weighted by molar-refractivity contribution is 0.521. The Morgan fingerprint density at radius 2 is 1.95 bits per heavy atom. The first kappa shape index (κ1) is 13.7. The summed E-state index contributed by atoms with van der Waals surface area (Å²) in [7, 11) is 3.48. The number of rotatable bonds is 4. The monoisotopic (exact) mass is 265 g/mol. The van der Waals surface area contributed by atoms with Gasteiger partial charge in [-0.15, -0.1) is 0 Å². The molecule has 0 aliphatic heterocycles. The van der Waals surface area contributed by atoms with Gasteiger partial charge in [-0.3, -0.25) is 4.68 Å². The normalized spacial score (nSPS) is 12.7. The molecule has 5 heteroatoms. The van der Waals surface area contributed by atoms with E-state index in [0.29, 0.717) is 6.42 Å². The predicted molar refractivity (Wildman–Crippen MR) is 69.8 cm³/mol. The molecule has 19 heavy (non-hydrogen) atoms. The lowest BCUT2D eigenvalue weighted by Crippen LogP contribution is -2.21. The zero-order chi connectivity index (χ0) is 14.0. The van der Waals surface area contributed by atoms with Crippen molar-refractivity contribution in [1.29, 1.82) is 0 Å². The highest BCUT2D eigenvalue weighted by Crippen LogP contribution is 2.28. The summed E-state index contributed by atoms with van der Waals surface area (Å²) in [6.45, 7) is 1.97. The summed E-state index contributed by atoms with van der Waals surface area (Å²) in [4.78, 5) is 0. The molecule has 0 radical (unpaired) electrons. The van der Waals surface area contributed by atoms with Crippen molar-refractivity contribution in [1.82, 2.24) is 15.1 Å². The average molecular weight is 265 g/mol. The van der Waals surface area contributed by atoms with Gasteiger partial charge in [0, 0.05) is 24.4 Å². The minimum Gasteiger partial charge on any atom is -0.309 e. The summed E-state index contributed by atoms with van der Waals surface area (Å²) in [5, 5.41) is 7.29. The number of aromatic nitrogens is 2. The van der Waals surface area contributed by atoms with E-state index in [0.717, 1.165) is 11.3 Å². The largest absolute Gasteiger partial charge is 0.309 e. The van der Waals surface area contributed by atoms with Gasteiger partial charge < -0.3 is 5.32 Å². The summed E-state index contributed by atoms with van der Waals surface area (Å²) < 4.78 is 29.5. The molecule has 0 saturated heterocycles. The fourth-order valence-electron chi connectivity index (χ4n) is 2.31. The fraction of sp³-hybridized carbons (Fsp3) is 0.357. The first-order chi connectivity index (χ1) is 9.08. The van der Waals surface area contributed by atoms with Crippen molar-refractivity contribution >= 4 is 0 Å². The highest BCUT2D eigenvalue weighted by Gasteiger charge is 2.24. The Labute approximate surface area is 111 Å². The van der Waals surface area contributed by atoms with Crippen LogP contribution >= 0.6 is 0 Å². The maximum atomic E-state index is 13.9. The Bertz CT molecular complexity index is 558. The highest BCUT2D eigenvalue weighted by atomic mass is 19.1. The smallest absolute Gasteiger partial charge is 0.131 e. The lowest BCUT2D eigenvalue weighted by atomic mass is 9.97. The molecule has 1 heterocycles. The quantitative estimate of drug-likeness (QED) is 0.920. The van der Waals surface area contributed by atoms with Crippen molar-refractivity contribution in [3.63, 3.8) is 0 Å². The van der Waals surface area contributed by atoms with Crippen molar-refractivity contribution in [2.45, 2.75) is 19.4 Å². The van der Waals surface area contributed by atoms with Gasteiger partial charge in [0.1, 0.15) is 11.6 Å². The first-order valence-electron chi connectivity index (χ1n) is 6.22. The van der Waals surface area contributed by atoms with Crippen LogP contribution < -0.4 is 5.32 Å². The van der Waals surface area contributed by atoms with Crippen LogP contribution in [0.15, 0.2) is 24.4 Å². The van der Waals surface area contributed by atoms with Crippen LogP contribution in [-0.4, -0.2) is 16.8 Å². The fourth-order valence-corrected chi connectivity index (χ4v) is 2.31. The molecular formula is C14H17F2N3. The minimum absolute atomic E-state index is 0.0349. The van der Waals surface area contributed by atoms with Crippen LogP contribution in [0.2, 0.25) is 0 Å². The van der Waals surface area contributed by atoms with E-state index in [-0.39, 0.29) is 5.56 Å². The van der Waals surface area contributed by atoms with Gasteiger partial charge >= 0.3 is 0 Å². The SMILES string of the molecule is CCc1nn(C)cc1C(NC)c1c(F)cccc1F. The molecule has 3 nitrogen and oxygen atoms in total. The Kier molecular flexibility index (Phi) is 3.95. The Hall–Kier alpha value is -1.75. The molecule has 1 atom stereocenters. The van der Waals surface area contributed by atoms with E-state index >= 15 is 0 Å². The molecule has 0 aliphatic carbocycles. The van der Waals surface area contributed by atoms with Crippen LogP contribution in [-0.2, 0) is 13.5 Å². The van der Waals surface area contributed by atoms with Crippen LogP contribution in [0.25, 0.3) is 0 Å². The van der Waals surface area contributed by atoms with Gasteiger partial charge in [0.15, 0.2) is 0 Å². The highest BCUT2D eigenvalue weighted by molar-refractivity contribution is 5.35. The third-order valence-electron chi connectivity index (χ3n) is 3.16. The molecule has 1 N–H and O–H groups in total. The van der Waals surface area contributed by atoms with E-state index in [1.165, 1.54) is 18.2 Å². The van der Waals surface area contributed by atoms with Crippen LogP contribution in [0.5, 0.6) is 0 Å². The number of halogens is 2. The van der Waals surface area contributed by atoms with Crippen LogP contribution in [0.1, 0.15) is 29.8 Å². The number of benzene rings is 1. The third kappa shape index (κ3) is 2.51. The topological polar surface area (TPSA) is 29.9 Å². The van der Waals surface area contributed by atoms with Crippen molar-refractivity contribution in [3.8, 4) is 0 Å². The van der Waals surface area contributed by atoms with Gasteiger partial charge in [0.25, 0.3) is 0 Å². The molecule has 0 saturated carbocycles. The van der Waals surface area contributed by atoms with E-state index in [1.807, 2.05) is 6.92 Å². The first-order valence-corrected chi connectivity index (χ1v) is 6.22. The van der Waals surface area contributed by atoms with Gasteiger partial charge in [0.2, 0.25) is 0 Å². The molecule has 0 fully saturated rings. The second-order valence-corrected chi connectivity index (χ2v) is 4.42. The number of nitrogens with zero attached hydrogens (tertiary/aromatic N) is 2. The van der Waals surface area contributed by atoms with Crippen molar-refractivity contribution in [3.05, 3.63) is 52.9 Å². The number of hydrogen-bond donors (Lipinski definition) is 1. The molecule has 1 aromatic carbocycles. The standard InChI is InChI=1S/C14H17F2N3/c1-4-12-9(8-19(3)18-12)14(17-2)13-10(15)6-5-7-11(13)16/h5-8,14,17H,4H2,1-3H3. The third-order valence-corrected chi connectivity index (χ3v) is 3.16. The van der Waals surface area contributed by atoms with Crippen molar-refractivity contribution in [2.24, 2.45) is 7.05 Å². The second-order valence-electron chi connectivity index (χ2n) is 4.42. The van der Waals surface area contributed by atoms with E-state index < -0.39 is 17.7 Å². The Morgan fingerprint density at radius 1 is 1.32 bits per heavy atom. The van der Waals surface area contributed by atoms with Crippen LogP contribution in [0, 0.1) is 11.6 Å². The second kappa shape index (κ2) is 5.48. The summed E-state index contributed by atoms with van der Waals surface area (Å²) in [6, 6.07) is 3.37.